The van der Waals surface area contributed by atoms with Gasteiger partial charge in [0.1, 0.15) is 0 Å². The van der Waals surface area contributed by atoms with Crippen LogP contribution in [-0.4, -0.2) is 0 Å². The highest BCUT2D eigenvalue weighted by Gasteiger charge is 1.92. The van der Waals surface area contributed by atoms with Crippen LogP contribution in [0, 0.1) is 0 Å². The third-order valence-electron chi connectivity index (χ3n) is 2.17. The van der Waals surface area contributed by atoms with Gasteiger partial charge in [0.15, 0.2) is 0 Å². The normalized spacial score (nSPS) is 11.6. The van der Waals surface area contributed by atoms with Gasteiger partial charge >= 0.3 is 0 Å². The molecule has 1 aromatic carbocycles. The van der Waals surface area contributed by atoms with Crippen molar-refractivity contribution < 1.29 is 0 Å². The topological polar surface area (TPSA) is 0 Å². The largest absolute Gasteiger partial charge is 0.0913 e. The van der Waals surface area contributed by atoms with Gasteiger partial charge in [-0.15, -0.1) is 0 Å². The lowest BCUT2D eigenvalue weighted by molar-refractivity contribution is 1.20. The molecular formula is C14H18. The highest BCUT2D eigenvalue weighted by Crippen LogP contribution is 2.07. The standard InChI is InChI=1S/C14H18/c1-3-5-8-13-10-7-11-14(12-13)9-6-4-2/h3-7,10-12H,8-9H2,1-2H3. The fourth-order valence-electron chi connectivity index (χ4n) is 1.39. The van der Waals surface area contributed by atoms with Gasteiger partial charge in [0.05, 0.1) is 0 Å². The Hall–Kier alpha value is -1.30. The molecular weight excluding hydrogens is 168 g/mol. The summed E-state index contributed by atoms with van der Waals surface area (Å²) in [6.07, 6.45) is 10.7. The molecule has 0 aliphatic heterocycles. The van der Waals surface area contributed by atoms with Gasteiger partial charge in [0.2, 0.25) is 0 Å². The van der Waals surface area contributed by atoms with Crippen molar-refractivity contribution in [1.29, 1.82) is 0 Å². The fourth-order valence-corrected chi connectivity index (χ4v) is 1.39. The maximum absolute atomic E-state index is 2.28. The van der Waals surface area contributed by atoms with Gasteiger partial charge in [-0.3, -0.25) is 0 Å². The zero-order valence-corrected chi connectivity index (χ0v) is 9.03. The number of allylic oxidation sites excluding steroid dienone is 4. The van der Waals surface area contributed by atoms with Crippen LogP contribution < -0.4 is 0 Å². The van der Waals surface area contributed by atoms with Crippen molar-refractivity contribution >= 4 is 0 Å². The van der Waals surface area contributed by atoms with E-state index in [0.717, 1.165) is 12.8 Å². The Bertz CT molecular complexity index is 289. The van der Waals surface area contributed by atoms with E-state index in [1.807, 2.05) is 0 Å². The summed E-state index contributed by atoms with van der Waals surface area (Å²) < 4.78 is 0. The average molecular weight is 186 g/mol. The Morgan fingerprint density at radius 1 is 0.929 bits per heavy atom. The minimum atomic E-state index is 1.04. The van der Waals surface area contributed by atoms with Crippen molar-refractivity contribution in [2.75, 3.05) is 0 Å². The molecule has 0 bridgehead atoms. The zero-order chi connectivity index (χ0) is 10.2. The lowest BCUT2D eigenvalue weighted by Crippen LogP contribution is -1.85. The molecule has 0 fully saturated rings. The molecule has 0 saturated heterocycles. The molecule has 74 valence electrons. The number of hydrogen-bond acceptors (Lipinski definition) is 0. The summed E-state index contributed by atoms with van der Waals surface area (Å²) in [5.74, 6) is 0. The summed E-state index contributed by atoms with van der Waals surface area (Å²) in [5, 5.41) is 0. The summed E-state index contributed by atoms with van der Waals surface area (Å²) in [6, 6.07) is 8.77. The van der Waals surface area contributed by atoms with Crippen LogP contribution >= 0.6 is 0 Å². The van der Waals surface area contributed by atoms with Gasteiger partial charge < -0.3 is 0 Å². The molecule has 0 aromatic heterocycles. The summed E-state index contributed by atoms with van der Waals surface area (Å²) in [7, 11) is 0. The molecule has 0 N–H and O–H groups in total. The Morgan fingerprint density at radius 3 is 1.86 bits per heavy atom. The highest BCUT2D eigenvalue weighted by atomic mass is 14.0. The van der Waals surface area contributed by atoms with Gasteiger partial charge in [-0.1, -0.05) is 48.6 Å². The Kier molecular flexibility index (Phi) is 4.77. The third-order valence-corrected chi connectivity index (χ3v) is 2.17. The highest BCUT2D eigenvalue weighted by molar-refractivity contribution is 5.26. The molecule has 0 atom stereocenters. The van der Waals surface area contributed by atoms with Gasteiger partial charge in [-0.25, -0.2) is 0 Å². The molecule has 0 heterocycles. The van der Waals surface area contributed by atoms with E-state index in [0.29, 0.717) is 0 Å². The Labute approximate surface area is 87.0 Å². The first kappa shape index (κ1) is 10.8. The molecule has 0 heteroatoms. The van der Waals surface area contributed by atoms with Crippen molar-refractivity contribution in [3.63, 3.8) is 0 Å². The van der Waals surface area contributed by atoms with Crippen molar-refractivity contribution in [2.45, 2.75) is 26.7 Å². The number of hydrogen-bond donors (Lipinski definition) is 0. The predicted molar refractivity (Wildman–Crippen MR) is 63.5 cm³/mol. The third kappa shape index (κ3) is 3.61. The molecule has 14 heavy (non-hydrogen) atoms. The van der Waals surface area contributed by atoms with Crippen LogP contribution in [0.15, 0.2) is 48.6 Å². The van der Waals surface area contributed by atoms with Gasteiger partial charge in [0.25, 0.3) is 0 Å². The Morgan fingerprint density at radius 2 is 1.43 bits per heavy atom. The minimum Gasteiger partial charge on any atom is -0.0913 e. The van der Waals surface area contributed by atoms with Crippen LogP contribution in [0.25, 0.3) is 0 Å². The Balaban J connectivity index is 2.68. The number of benzene rings is 1. The average Bonchev–Trinajstić information content (AvgIpc) is 2.24. The maximum Gasteiger partial charge on any atom is -0.00975 e. The van der Waals surface area contributed by atoms with E-state index in [9.17, 15) is 0 Å². The van der Waals surface area contributed by atoms with E-state index in [-0.39, 0.29) is 0 Å². The molecule has 0 unspecified atom stereocenters. The molecule has 0 spiro atoms. The summed E-state index contributed by atoms with van der Waals surface area (Å²) in [6.45, 7) is 4.12. The summed E-state index contributed by atoms with van der Waals surface area (Å²) in [4.78, 5) is 0. The van der Waals surface area contributed by atoms with Gasteiger partial charge in [-0.05, 0) is 37.8 Å². The minimum absolute atomic E-state index is 1.04. The second-order valence-corrected chi connectivity index (χ2v) is 3.37. The van der Waals surface area contributed by atoms with E-state index in [2.05, 4.69) is 62.4 Å². The van der Waals surface area contributed by atoms with Crippen LogP contribution in [0.5, 0.6) is 0 Å². The van der Waals surface area contributed by atoms with E-state index in [1.165, 1.54) is 11.1 Å². The zero-order valence-electron chi connectivity index (χ0n) is 9.03. The summed E-state index contributed by atoms with van der Waals surface area (Å²) in [5.41, 5.74) is 2.79. The molecule has 0 aliphatic rings. The molecule has 0 aliphatic carbocycles. The molecule has 1 rings (SSSR count). The van der Waals surface area contributed by atoms with Crippen molar-refractivity contribution in [1.82, 2.24) is 0 Å². The van der Waals surface area contributed by atoms with Crippen LogP contribution in [0.2, 0.25) is 0 Å². The molecule has 0 radical (unpaired) electrons. The monoisotopic (exact) mass is 186 g/mol. The van der Waals surface area contributed by atoms with E-state index < -0.39 is 0 Å². The first-order valence-corrected chi connectivity index (χ1v) is 5.17. The quantitative estimate of drug-likeness (QED) is 0.625. The maximum atomic E-state index is 2.28. The van der Waals surface area contributed by atoms with Crippen molar-refractivity contribution in [2.24, 2.45) is 0 Å². The predicted octanol–water partition coefficient (Wildman–Crippen LogP) is 3.92. The molecule has 0 amide bonds. The van der Waals surface area contributed by atoms with Gasteiger partial charge in [0, 0.05) is 0 Å². The molecule has 0 nitrogen and oxygen atoms in total. The fraction of sp³-hybridized carbons (Fsp3) is 0.286. The van der Waals surface area contributed by atoms with E-state index in [4.69, 9.17) is 0 Å². The van der Waals surface area contributed by atoms with Crippen molar-refractivity contribution in [3.05, 3.63) is 59.7 Å². The number of rotatable bonds is 4. The van der Waals surface area contributed by atoms with Crippen LogP contribution in [0.3, 0.4) is 0 Å². The second-order valence-electron chi connectivity index (χ2n) is 3.37. The first-order chi connectivity index (χ1) is 6.86. The van der Waals surface area contributed by atoms with Crippen LogP contribution in [0.1, 0.15) is 25.0 Å². The SMILES string of the molecule is CC=CCc1cccc(CC=CC)c1. The van der Waals surface area contributed by atoms with Crippen LogP contribution in [-0.2, 0) is 12.8 Å². The summed E-state index contributed by atoms with van der Waals surface area (Å²) >= 11 is 0. The smallest absolute Gasteiger partial charge is 0.00975 e. The first-order valence-electron chi connectivity index (χ1n) is 5.17. The molecule has 0 saturated carbocycles. The van der Waals surface area contributed by atoms with Crippen LogP contribution in [0.4, 0.5) is 0 Å². The lowest BCUT2D eigenvalue weighted by atomic mass is 10.1. The molecule has 1 aromatic rings. The second kappa shape index (κ2) is 6.20. The van der Waals surface area contributed by atoms with Crippen molar-refractivity contribution in [3.8, 4) is 0 Å². The van der Waals surface area contributed by atoms with Gasteiger partial charge in [-0.2, -0.15) is 0 Å². The van der Waals surface area contributed by atoms with E-state index in [1.54, 1.807) is 0 Å². The van der Waals surface area contributed by atoms with E-state index >= 15 is 0 Å². The lowest BCUT2D eigenvalue weighted by Gasteiger charge is -2.00.